The number of carbonyl (C=O) groups excluding carboxylic acids is 1. The summed E-state index contributed by atoms with van der Waals surface area (Å²) in [7, 11) is 0. The molecule has 0 aliphatic rings. The molecule has 0 spiro atoms. The van der Waals surface area contributed by atoms with Crippen LogP contribution in [-0.4, -0.2) is 28.7 Å². The highest BCUT2D eigenvalue weighted by atomic mass is 16.3. The zero-order valence-electron chi connectivity index (χ0n) is 8.42. The molecule has 0 aromatic rings. The maximum Gasteiger partial charge on any atom is 0.150 e. The van der Waals surface area contributed by atoms with Crippen LogP contribution < -0.4 is 0 Å². The van der Waals surface area contributed by atoms with E-state index in [2.05, 4.69) is 0 Å². The van der Waals surface area contributed by atoms with E-state index < -0.39 is 12.2 Å². The van der Waals surface area contributed by atoms with Crippen LogP contribution in [0.1, 0.15) is 13.8 Å². The summed E-state index contributed by atoms with van der Waals surface area (Å²) in [6.45, 7) is 3.30. The third kappa shape index (κ3) is 5.45. The molecule has 78 valence electrons. The Morgan fingerprint density at radius 2 is 2.00 bits per heavy atom. The Kier molecular flexibility index (Phi) is 6.62. The van der Waals surface area contributed by atoms with E-state index in [1.807, 2.05) is 6.92 Å². The first kappa shape index (κ1) is 12.8. The van der Waals surface area contributed by atoms with Crippen LogP contribution in [0.2, 0.25) is 0 Å². The quantitative estimate of drug-likeness (QED) is 0.391. The minimum Gasteiger partial charge on any atom is -0.390 e. The number of allylic oxidation sites excluding steroid dienone is 5. The molecule has 2 N–H and O–H groups in total. The second-order valence-electron chi connectivity index (χ2n) is 2.90. The SMILES string of the molecule is C\C=C/C(C=O)=C/C=C/[C@H](O)[C@@H](C)O. The lowest BCUT2D eigenvalue weighted by Gasteiger charge is -2.06. The Morgan fingerprint density at radius 1 is 1.36 bits per heavy atom. The smallest absolute Gasteiger partial charge is 0.150 e. The fourth-order valence-corrected chi connectivity index (χ4v) is 0.768. The Hall–Kier alpha value is -1.19. The van der Waals surface area contributed by atoms with Gasteiger partial charge in [0, 0.05) is 5.57 Å². The highest BCUT2D eigenvalue weighted by Crippen LogP contribution is 1.97. The normalized spacial score (nSPS) is 17.6. The molecular formula is C11H16O3. The third-order valence-electron chi connectivity index (χ3n) is 1.59. The second kappa shape index (κ2) is 7.24. The molecule has 0 aromatic heterocycles. The number of hydrogen-bond acceptors (Lipinski definition) is 3. The van der Waals surface area contributed by atoms with Crippen molar-refractivity contribution >= 4 is 6.29 Å². The summed E-state index contributed by atoms with van der Waals surface area (Å²) in [4.78, 5) is 10.4. The van der Waals surface area contributed by atoms with Crippen molar-refractivity contribution in [2.24, 2.45) is 0 Å². The Morgan fingerprint density at radius 3 is 2.43 bits per heavy atom. The number of hydrogen-bond donors (Lipinski definition) is 2. The molecule has 0 rings (SSSR count). The van der Waals surface area contributed by atoms with E-state index in [1.165, 1.54) is 13.0 Å². The summed E-state index contributed by atoms with van der Waals surface area (Å²) in [5.41, 5.74) is 0.515. The molecule has 0 fully saturated rings. The van der Waals surface area contributed by atoms with E-state index in [0.717, 1.165) is 6.29 Å². The van der Waals surface area contributed by atoms with Crippen LogP contribution in [0, 0.1) is 0 Å². The van der Waals surface area contributed by atoms with Crippen LogP contribution in [0.25, 0.3) is 0 Å². The number of carbonyl (C=O) groups is 1. The summed E-state index contributed by atoms with van der Waals surface area (Å²) < 4.78 is 0. The van der Waals surface area contributed by atoms with Gasteiger partial charge >= 0.3 is 0 Å². The van der Waals surface area contributed by atoms with Gasteiger partial charge in [-0.1, -0.05) is 30.4 Å². The molecule has 0 radical (unpaired) electrons. The zero-order chi connectivity index (χ0) is 11.0. The van der Waals surface area contributed by atoms with Crippen LogP contribution in [0.3, 0.4) is 0 Å². The van der Waals surface area contributed by atoms with Crippen molar-refractivity contribution in [1.82, 2.24) is 0 Å². The minimum absolute atomic E-state index is 0.515. The van der Waals surface area contributed by atoms with E-state index >= 15 is 0 Å². The monoisotopic (exact) mass is 196 g/mol. The molecule has 0 unspecified atom stereocenters. The Balaban J connectivity index is 4.30. The van der Waals surface area contributed by atoms with Gasteiger partial charge in [0.05, 0.1) is 12.2 Å². The predicted octanol–water partition coefficient (Wildman–Crippen LogP) is 0.986. The highest BCUT2D eigenvalue weighted by molar-refractivity contribution is 5.77. The highest BCUT2D eigenvalue weighted by Gasteiger charge is 2.04. The molecule has 14 heavy (non-hydrogen) atoms. The van der Waals surface area contributed by atoms with Crippen LogP contribution >= 0.6 is 0 Å². The minimum atomic E-state index is -0.898. The number of rotatable bonds is 5. The van der Waals surface area contributed by atoms with E-state index in [4.69, 9.17) is 10.2 Å². The number of aldehydes is 1. The number of aliphatic hydroxyl groups excluding tert-OH is 2. The van der Waals surface area contributed by atoms with Gasteiger partial charge in [0.25, 0.3) is 0 Å². The Bertz CT molecular complexity index is 249. The first-order valence-electron chi connectivity index (χ1n) is 4.44. The van der Waals surface area contributed by atoms with Gasteiger partial charge in [0.1, 0.15) is 6.29 Å². The molecule has 3 heteroatoms. The van der Waals surface area contributed by atoms with Crippen LogP contribution in [-0.2, 0) is 4.79 Å². The molecule has 0 heterocycles. The van der Waals surface area contributed by atoms with E-state index in [1.54, 1.807) is 24.3 Å². The molecule has 0 amide bonds. The third-order valence-corrected chi connectivity index (χ3v) is 1.59. The first-order chi connectivity index (χ1) is 6.61. The van der Waals surface area contributed by atoms with Crippen LogP contribution in [0.4, 0.5) is 0 Å². The van der Waals surface area contributed by atoms with Crippen molar-refractivity contribution in [1.29, 1.82) is 0 Å². The zero-order valence-corrected chi connectivity index (χ0v) is 8.42. The average Bonchev–Trinajstić information content (AvgIpc) is 2.16. The van der Waals surface area contributed by atoms with E-state index in [-0.39, 0.29) is 0 Å². The molecule has 2 atom stereocenters. The molecule has 0 saturated carbocycles. The van der Waals surface area contributed by atoms with Crippen molar-refractivity contribution in [2.45, 2.75) is 26.1 Å². The lowest BCUT2D eigenvalue weighted by atomic mass is 10.2. The average molecular weight is 196 g/mol. The second-order valence-corrected chi connectivity index (χ2v) is 2.90. The summed E-state index contributed by atoms with van der Waals surface area (Å²) in [5, 5.41) is 18.1. The van der Waals surface area contributed by atoms with Gasteiger partial charge in [-0.2, -0.15) is 0 Å². The molecular weight excluding hydrogens is 180 g/mol. The maximum absolute atomic E-state index is 10.4. The standard InChI is InChI=1S/C11H16O3/c1-3-5-10(8-12)6-4-7-11(14)9(2)13/h3-9,11,13-14H,1-2H3/b5-3-,7-4+,10-6-/t9-,11+/m1/s1. The topological polar surface area (TPSA) is 57.5 Å². The summed E-state index contributed by atoms with van der Waals surface area (Å²) >= 11 is 0. The van der Waals surface area contributed by atoms with Gasteiger partial charge in [0.2, 0.25) is 0 Å². The fourth-order valence-electron chi connectivity index (χ4n) is 0.768. The molecule has 0 aliphatic carbocycles. The predicted molar refractivity (Wildman–Crippen MR) is 55.8 cm³/mol. The molecule has 0 aromatic carbocycles. The van der Waals surface area contributed by atoms with Gasteiger partial charge in [-0.05, 0) is 13.8 Å². The molecule has 3 nitrogen and oxygen atoms in total. The summed E-state index contributed by atoms with van der Waals surface area (Å²) in [6, 6.07) is 0. The van der Waals surface area contributed by atoms with Crippen LogP contribution in [0.15, 0.2) is 36.0 Å². The Labute approximate surface area is 84.1 Å². The lowest BCUT2D eigenvalue weighted by molar-refractivity contribution is -0.104. The molecule has 0 bridgehead atoms. The van der Waals surface area contributed by atoms with Crippen molar-refractivity contribution < 1.29 is 15.0 Å². The van der Waals surface area contributed by atoms with Crippen molar-refractivity contribution in [3.05, 3.63) is 36.0 Å². The number of aliphatic hydroxyl groups is 2. The van der Waals surface area contributed by atoms with Gasteiger partial charge in [-0.25, -0.2) is 0 Å². The van der Waals surface area contributed by atoms with Crippen molar-refractivity contribution in [3.63, 3.8) is 0 Å². The van der Waals surface area contributed by atoms with Gasteiger partial charge in [-0.15, -0.1) is 0 Å². The molecule has 0 aliphatic heterocycles. The molecule has 0 saturated heterocycles. The van der Waals surface area contributed by atoms with Crippen molar-refractivity contribution in [2.75, 3.05) is 0 Å². The van der Waals surface area contributed by atoms with Crippen LogP contribution in [0.5, 0.6) is 0 Å². The van der Waals surface area contributed by atoms with Crippen molar-refractivity contribution in [3.8, 4) is 0 Å². The maximum atomic E-state index is 10.4. The van der Waals surface area contributed by atoms with Gasteiger partial charge < -0.3 is 10.2 Å². The summed E-state index contributed by atoms with van der Waals surface area (Å²) in [5.74, 6) is 0. The fraction of sp³-hybridized carbons (Fsp3) is 0.364. The van der Waals surface area contributed by atoms with E-state index in [0.29, 0.717) is 5.57 Å². The van der Waals surface area contributed by atoms with Gasteiger partial charge in [0.15, 0.2) is 0 Å². The summed E-state index contributed by atoms with van der Waals surface area (Å²) in [6.07, 6.45) is 6.97. The van der Waals surface area contributed by atoms with Gasteiger partial charge in [-0.3, -0.25) is 4.79 Å². The first-order valence-corrected chi connectivity index (χ1v) is 4.44. The largest absolute Gasteiger partial charge is 0.390 e. The van der Waals surface area contributed by atoms with E-state index in [9.17, 15) is 4.79 Å². The lowest BCUT2D eigenvalue weighted by Crippen LogP contribution is -2.19.